The molecule has 1 fully saturated rings. The van der Waals surface area contributed by atoms with Crippen LogP contribution in [0.3, 0.4) is 0 Å². The van der Waals surface area contributed by atoms with Crippen molar-refractivity contribution in [3.05, 3.63) is 58.1 Å². The number of rotatable bonds is 6. The van der Waals surface area contributed by atoms with Gasteiger partial charge in [0.15, 0.2) is 6.61 Å². The van der Waals surface area contributed by atoms with Gasteiger partial charge in [0.1, 0.15) is 0 Å². The Morgan fingerprint density at radius 2 is 2.00 bits per heavy atom. The molecule has 3 rings (SSSR count). The van der Waals surface area contributed by atoms with E-state index in [1.807, 2.05) is 50.2 Å². The van der Waals surface area contributed by atoms with Crippen LogP contribution in [0.4, 0.5) is 11.4 Å². The lowest BCUT2D eigenvalue weighted by Crippen LogP contribution is -2.28. The van der Waals surface area contributed by atoms with E-state index in [4.69, 9.17) is 4.74 Å². The Labute approximate surface area is 178 Å². The number of aryl methyl sites for hydroxylation is 2. The zero-order valence-electron chi connectivity index (χ0n) is 16.4. The van der Waals surface area contributed by atoms with E-state index in [1.54, 1.807) is 11.0 Å². The highest BCUT2D eigenvalue weighted by atomic mass is 79.9. The van der Waals surface area contributed by atoms with Gasteiger partial charge in [-0.2, -0.15) is 0 Å². The number of nitrogens with one attached hydrogen (secondary N) is 1. The van der Waals surface area contributed by atoms with Crippen LogP contribution in [-0.4, -0.2) is 30.9 Å². The van der Waals surface area contributed by atoms with Crippen LogP contribution < -0.4 is 10.2 Å². The Hall–Kier alpha value is -2.67. The zero-order valence-corrected chi connectivity index (χ0v) is 18.0. The zero-order chi connectivity index (χ0) is 21.0. The lowest BCUT2D eigenvalue weighted by atomic mass is 10.1. The number of hydrogen-bond acceptors (Lipinski definition) is 4. The molecule has 1 heterocycles. The van der Waals surface area contributed by atoms with Crippen LogP contribution in [0.1, 0.15) is 24.5 Å². The minimum atomic E-state index is -0.574. The first-order chi connectivity index (χ1) is 13.9. The van der Waals surface area contributed by atoms with Crippen molar-refractivity contribution >= 4 is 45.1 Å². The van der Waals surface area contributed by atoms with E-state index in [9.17, 15) is 14.4 Å². The minimum Gasteiger partial charge on any atom is -0.455 e. The van der Waals surface area contributed by atoms with E-state index in [0.717, 1.165) is 27.7 Å². The molecule has 0 unspecified atom stereocenters. The van der Waals surface area contributed by atoms with E-state index < -0.39 is 17.8 Å². The van der Waals surface area contributed by atoms with Crippen LogP contribution in [0.5, 0.6) is 0 Å². The molecule has 1 saturated heterocycles. The lowest BCUT2D eigenvalue weighted by Gasteiger charge is -2.19. The van der Waals surface area contributed by atoms with Crippen molar-refractivity contribution in [3.8, 4) is 0 Å². The van der Waals surface area contributed by atoms with E-state index in [0.29, 0.717) is 5.69 Å². The van der Waals surface area contributed by atoms with Gasteiger partial charge < -0.3 is 15.0 Å². The normalized spacial score (nSPS) is 16.0. The van der Waals surface area contributed by atoms with Gasteiger partial charge >= 0.3 is 5.97 Å². The second kappa shape index (κ2) is 9.22. The Kier molecular flexibility index (Phi) is 6.69. The number of amides is 2. The van der Waals surface area contributed by atoms with Crippen molar-refractivity contribution in [2.45, 2.75) is 26.7 Å². The fourth-order valence-corrected chi connectivity index (χ4v) is 3.59. The number of anilines is 2. The van der Waals surface area contributed by atoms with Gasteiger partial charge in [-0.25, -0.2) is 0 Å². The summed E-state index contributed by atoms with van der Waals surface area (Å²) in [6, 6.07) is 13.1. The van der Waals surface area contributed by atoms with Gasteiger partial charge in [0.05, 0.1) is 5.92 Å². The van der Waals surface area contributed by atoms with Crippen molar-refractivity contribution in [3.63, 3.8) is 0 Å². The first-order valence-electron chi connectivity index (χ1n) is 9.50. The molecule has 2 amide bonds. The molecule has 2 aromatic rings. The third-order valence-corrected chi connectivity index (χ3v) is 5.80. The summed E-state index contributed by atoms with van der Waals surface area (Å²) < 4.78 is 6.11. The number of ether oxygens (including phenoxy) is 1. The van der Waals surface area contributed by atoms with Crippen LogP contribution >= 0.6 is 15.9 Å². The maximum Gasteiger partial charge on any atom is 0.311 e. The van der Waals surface area contributed by atoms with Gasteiger partial charge in [-0.05, 0) is 48.7 Å². The number of nitrogens with zero attached hydrogens (tertiary/aromatic N) is 1. The van der Waals surface area contributed by atoms with Gasteiger partial charge in [-0.3, -0.25) is 14.4 Å². The molecular formula is C22H23BrN2O4. The summed E-state index contributed by atoms with van der Waals surface area (Å²) in [5.74, 6) is -1.63. The molecule has 1 N–H and O–H groups in total. The number of carbonyl (C=O) groups is 3. The van der Waals surface area contributed by atoms with Gasteiger partial charge in [-0.15, -0.1) is 0 Å². The van der Waals surface area contributed by atoms with Crippen molar-refractivity contribution in [2.24, 2.45) is 5.92 Å². The van der Waals surface area contributed by atoms with Crippen LogP contribution in [0.2, 0.25) is 0 Å². The standard InChI is InChI=1S/C22H23BrN2O4/c1-3-15-6-4-5-7-19(15)25-12-16(11-21(25)27)22(28)29-13-20(26)24-17-8-9-18(23)14(2)10-17/h4-10,16H,3,11-13H2,1-2H3,(H,24,26)/t16-/m1/s1. The van der Waals surface area contributed by atoms with Crippen molar-refractivity contribution in [1.82, 2.24) is 0 Å². The number of hydrogen-bond donors (Lipinski definition) is 1. The van der Waals surface area contributed by atoms with Crippen molar-refractivity contribution < 1.29 is 19.1 Å². The van der Waals surface area contributed by atoms with E-state index in [-0.39, 0.29) is 25.5 Å². The summed E-state index contributed by atoms with van der Waals surface area (Å²) >= 11 is 3.40. The summed E-state index contributed by atoms with van der Waals surface area (Å²) in [5, 5.41) is 2.70. The van der Waals surface area contributed by atoms with Gasteiger partial charge in [0, 0.05) is 28.8 Å². The molecule has 152 valence electrons. The van der Waals surface area contributed by atoms with Crippen LogP contribution in [0, 0.1) is 12.8 Å². The second-order valence-electron chi connectivity index (χ2n) is 7.01. The molecule has 1 aliphatic rings. The number of carbonyl (C=O) groups excluding carboxylic acids is 3. The number of halogens is 1. The largest absolute Gasteiger partial charge is 0.455 e. The quantitative estimate of drug-likeness (QED) is 0.666. The molecule has 2 aromatic carbocycles. The first kappa shape index (κ1) is 21.0. The topological polar surface area (TPSA) is 75.7 Å². The maximum absolute atomic E-state index is 12.4. The summed E-state index contributed by atoms with van der Waals surface area (Å²) in [6.07, 6.45) is 0.884. The molecule has 0 aromatic heterocycles. The molecule has 0 spiro atoms. The van der Waals surface area contributed by atoms with Crippen molar-refractivity contribution in [1.29, 1.82) is 0 Å². The molecule has 0 bridgehead atoms. The monoisotopic (exact) mass is 458 g/mol. The number of benzene rings is 2. The van der Waals surface area contributed by atoms with Gasteiger partial charge in [0.25, 0.3) is 5.91 Å². The molecule has 0 radical (unpaired) electrons. The van der Waals surface area contributed by atoms with Crippen LogP contribution in [0.25, 0.3) is 0 Å². The maximum atomic E-state index is 12.4. The molecule has 0 aliphatic carbocycles. The number of para-hydroxylation sites is 1. The highest BCUT2D eigenvalue weighted by Gasteiger charge is 2.37. The highest BCUT2D eigenvalue weighted by molar-refractivity contribution is 9.10. The Morgan fingerprint density at radius 1 is 1.24 bits per heavy atom. The summed E-state index contributed by atoms with van der Waals surface area (Å²) in [6.45, 7) is 3.82. The Morgan fingerprint density at radius 3 is 2.72 bits per heavy atom. The van der Waals surface area contributed by atoms with Gasteiger partial charge in [0.2, 0.25) is 5.91 Å². The molecular weight excluding hydrogens is 436 g/mol. The molecule has 7 heteroatoms. The average Bonchev–Trinajstić information content (AvgIpc) is 3.10. The van der Waals surface area contributed by atoms with Crippen LogP contribution in [-0.2, 0) is 25.5 Å². The second-order valence-corrected chi connectivity index (χ2v) is 7.86. The predicted molar refractivity (Wildman–Crippen MR) is 115 cm³/mol. The molecule has 1 aliphatic heterocycles. The smallest absolute Gasteiger partial charge is 0.311 e. The third-order valence-electron chi connectivity index (χ3n) is 4.91. The summed E-state index contributed by atoms with van der Waals surface area (Å²) in [5.41, 5.74) is 3.50. The highest BCUT2D eigenvalue weighted by Crippen LogP contribution is 2.29. The fraction of sp³-hybridized carbons (Fsp3) is 0.318. The molecule has 29 heavy (non-hydrogen) atoms. The van der Waals surface area contributed by atoms with Crippen molar-refractivity contribution in [2.75, 3.05) is 23.4 Å². The van der Waals surface area contributed by atoms with Gasteiger partial charge in [-0.1, -0.05) is 41.1 Å². The fourth-order valence-electron chi connectivity index (χ4n) is 3.35. The molecule has 0 saturated carbocycles. The van der Waals surface area contributed by atoms with E-state index >= 15 is 0 Å². The van der Waals surface area contributed by atoms with E-state index in [1.165, 1.54) is 0 Å². The minimum absolute atomic E-state index is 0.0877. The lowest BCUT2D eigenvalue weighted by molar-refractivity contribution is -0.151. The Balaban J connectivity index is 1.55. The van der Waals surface area contributed by atoms with Crippen LogP contribution in [0.15, 0.2) is 46.9 Å². The Bertz CT molecular complexity index is 944. The summed E-state index contributed by atoms with van der Waals surface area (Å²) in [4.78, 5) is 38.5. The van der Waals surface area contributed by atoms with E-state index in [2.05, 4.69) is 21.2 Å². The third kappa shape index (κ3) is 5.03. The molecule has 6 nitrogen and oxygen atoms in total. The molecule has 1 atom stereocenters. The predicted octanol–water partition coefficient (Wildman–Crippen LogP) is 3.85. The summed E-state index contributed by atoms with van der Waals surface area (Å²) in [7, 11) is 0. The average molecular weight is 459 g/mol. The number of esters is 1. The SMILES string of the molecule is CCc1ccccc1N1C[C@H](C(=O)OCC(=O)Nc2ccc(Br)c(C)c2)CC1=O. The first-order valence-corrected chi connectivity index (χ1v) is 10.3.